The maximum atomic E-state index is 12.8. The highest BCUT2D eigenvalue weighted by atomic mass is 35.5. The molecule has 4 aromatic rings. The molecule has 2 aromatic heterocycles. The number of fused-ring (bicyclic) bond motifs is 2. The summed E-state index contributed by atoms with van der Waals surface area (Å²) in [6, 6.07) is 11.1. The number of aromatic amines is 1. The van der Waals surface area contributed by atoms with E-state index in [4.69, 9.17) is 17.3 Å². The highest BCUT2D eigenvalue weighted by Gasteiger charge is 2.31. The summed E-state index contributed by atoms with van der Waals surface area (Å²) in [7, 11) is 0. The number of halogens is 1. The number of nitrogens with one attached hydrogen (secondary N) is 2. The van der Waals surface area contributed by atoms with Gasteiger partial charge in [-0.05, 0) is 42.3 Å². The SMILES string of the molecule is Nc1ncnc2cc(CN3CCC(NCc4nc5ccc(Cl)cc5[nH]4)C3=O)ccc12. The Hall–Kier alpha value is -3.23. The number of anilines is 1. The van der Waals surface area contributed by atoms with Crippen molar-refractivity contribution in [1.82, 2.24) is 30.2 Å². The Morgan fingerprint density at radius 3 is 3.00 bits per heavy atom. The standard InChI is InChI=1S/C21H20ClN7O/c22-13-2-4-15-18(8-13)28-19(27-15)9-24-16-5-6-29(21(16)30)10-12-1-3-14-17(7-12)25-11-26-20(14)23/h1-4,7-8,11,16,24H,5-6,9-10H2,(H,27,28)(H2,23,25,26). The lowest BCUT2D eigenvalue weighted by atomic mass is 10.1. The zero-order valence-corrected chi connectivity index (χ0v) is 16.9. The second kappa shape index (κ2) is 7.55. The Labute approximate surface area is 177 Å². The molecule has 1 aliphatic heterocycles. The number of nitrogen functional groups attached to an aromatic ring is 1. The molecule has 0 bridgehead atoms. The van der Waals surface area contributed by atoms with Gasteiger partial charge in [0.1, 0.15) is 18.0 Å². The smallest absolute Gasteiger partial charge is 0.240 e. The molecule has 3 heterocycles. The highest BCUT2D eigenvalue weighted by molar-refractivity contribution is 6.31. The first-order valence-electron chi connectivity index (χ1n) is 9.72. The average Bonchev–Trinajstić information content (AvgIpc) is 3.29. The van der Waals surface area contributed by atoms with Crippen LogP contribution in [-0.2, 0) is 17.9 Å². The second-order valence-electron chi connectivity index (χ2n) is 7.44. The molecular weight excluding hydrogens is 402 g/mol. The van der Waals surface area contributed by atoms with E-state index in [1.54, 1.807) is 0 Å². The van der Waals surface area contributed by atoms with Crippen LogP contribution in [0.2, 0.25) is 5.02 Å². The summed E-state index contributed by atoms with van der Waals surface area (Å²) in [4.78, 5) is 30.8. The van der Waals surface area contributed by atoms with Crippen LogP contribution in [0.5, 0.6) is 0 Å². The minimum atomic E-state index is -0.222. The van der Waals surface area contributed by atoms with Crippen molar-refractivity contribution in [3.05, 3.63) is 59.1 Å². The first kappa shape index (κ1) is 18.8. The van der Waals surface area contributed by atoms with E-state index in [0.29, 0.717) is 30.5 Å². The molecule has 1 atom stereocenters. The number of hydrogen-bond acceptors (Lipinski definition) is 6. The summed E-state index contributed by atoms with van der Waals surface area (Å²) >= 11 is 6.02. The number of hydrogen-bond donors (Lipinski definition) is 3. The van der Waals surface area contributed by atoms with Gasteiger partial charge < -0.3 is 15.6 Å². The molecule has 8 nitrogen and oxygen atoms in total. The molecule has 30 heavy (non-hydrogen) atoms. The van der Waals surface area contributed by atoms with Crippen molar-refractivity contribution in [3.63, 3.8) is 0 Å². The van der Waals surface area contributed by atoms with Crippen LogP contribution in [-0.4, -0.2) is 43.3 Å². The van der Waals surface area contributed by atoms with E-state index < -0.39 is 0 Å². The van der Waals surface area contributed by atoms with Crippen molar-refractivity contribution in [3.8, 4) is 0 Å². The maximum absolute atomic E-state index is 12.8. The lowest BCUT2D eigenvalue weighted by Gasteiger charge is -2.17. The molecule has 9 heteroatoms. The monoisotopic (exact) mass is 421 g/mol. The first-order chi connectivity index (χ1) is 14.6. The van der Waals surface area contributed by atoms with Crippen molar-refractivity contribution in [1.29, 1.82) is 0 Å². The molecule has 1 fully saturated rings. The van der Waals surface area contributed by atoms with E-state index in [1.165, 1.54) is 6.33 Å². The van der Waals surface area contributed by atoms with Crippen LogP contribution in [0, 0.1) is 0 Å². The van der Waals surface area contributed by atoms with E-state index in [1.807, 2.05) is 41.3 Å². The number of imidazole rings is 1. The van der Waals surface area contributed by atoms with Crippen molar-refractivity contribution in [2.24, 2.45) is 0 Å². The third kappa shape index (κ3) is 3.55. The number of H-pyrrole nitrogens is 1. The third-order valence-corrected chi connectivity index (χ3v) is 5.65. The number of likely N-dealkylation sites (tertiary alicyclic amines) is 1. The number of carbonyl (C=O) groups is 1. The average molecular weight is 422 g/mol. The molecule has 0 spiro atoms. The van der Waals surface area contributed by atoms with Crippen LogP contribution in [0.3, 0.4) is 0 Å². The summed E-state index contributed by atoms with van der Waals surface area (Å²) in [5, 5.41) is 4.80. The van der Waals surface area contributed by atoms with E-state index in [2.05, 4.69) is 25.3 Å². The van der Waals surface area contributed by atoms with Crippen molar-refractivity contribution >= 4 is 45.3 Å². The van der Waals surface area contributed by atoms with Gasteiger partial charge in [-0.25, -0.2) is 15.0 Å². The molecule has 5 rings (SSSR count). The van der Waals surface area contributed by atoms with Crippen molar-refractivity contribution in [2.45, 2.75) is 25.6 Å². The van der Waals surface area contributed by atoms with E-state index in [-0.39, 0.29) is 11.9 Å². The molecule has 0 radical (unpaired) electrons. The lowest BCUT2D eigenvalue weighted by molar-refractivity contribution is -0.129. The highest BCUT2D eigenvalue weighted by Crippen LogP contribution is 2.21. The van der Waals surface area contributed by atoms with Gasteiger partial charge in [-0.15, -0.1) is 0 Å². The molecule has 0 aliphatic carbocycles. The number of aromatic nitrogens is 4. The topological polar surface area (TPSA) is 113 Å². The summed E-state index contributed by atoms with van der Waals surface area (Å²) in [5.74, 6) is 1.34. The van der Waals surface area contributed by atoms with E-state index in [9.17, 15) is 4.79 Å². The Morgan fingerprint density at radius 2 is 2.10 bits per heavy atom. The number of rotatable bonds is 5. The normalized spacial score (nSPS) is 16.8. The van der Waals surface area contributed by atoms with E-state index >= 15 is 0 Å². The predicted molar refractivity (Wildman–Crippen MR) is 116 cm³/mol. The van der Waals surface area contributed by atoms with Crippen molar-refractivity contribution < 1.29 is 4.79 Å². The van der Waals surface area contributed by atoms with Crippen LogP contribution in [0.4, 0.5) is 5.82 Å². The molecule has 1 unspecified atom stereocenters. The summed E-state index contributed by atoms with van der Waals surface area (Å²) in [6.07, 6.45) is 2.21. The van der Waals surface area contributed by atoms with Crippen LogP contribution in [0.1, 0.15) is 17.8 Å². The zero-order chi connectivity index (χ0) is 20.7. The van der Waals surface area contributed by atoms with Gasteiger partial charge in [-0.3, -0.25) is 10.1 Å². The quantitative estimate of drug-likeness (QED) is 0.456. The first-order valence-corrected chi connectivity index (χ1v) is 10.1. The van der Waals surface area contributed by atoms with Gasteiger partial charge in [-0.2, -0.15) is 0 Å². The van der Waals surface area contributed by atoms with Gasteiger partial charge in [-0.1, -0.05) is 17.7 Å². The Kier molecular flexibility index (Phi) is 4.72. The Morgan fingerprint density at radius 1 is 1.20 bits per heavy atom. The predicted octanol–water partition coefficient (Wildman–Crippen LogP) is 2.63. The molecule has 4 N–H and O–H groups in total. The number of amides is 1. The summed E-state index contributed by atoms with van der Waals surface area (Å²) in [6.45, 7) is 1.74. The molecule has 0 saturated carbocycles. The molecule has 152 valence electrons. The fraction of sp³-hybridized carbons (Fsp3) is 0.238. The Bertz CT molecular complexity index is 1250. The number of nitrogens with zero attached hydrogens (tertiary/aromatic N) is 4. The van der Waals surface area contributed by atoms with Gasteiger partial charge >= 0.3 is 0 Å². The van der Waals surface area contributed by atoms with Gasteiger partial charge in [0.25, 0.3) is 0 Å². The van der Waals surface area contributed by atoms with Crippen LogP contribution in [0.25, 0.3) is 21.9 Å². The van der Waals surface area contributed by atoms with Crippen LogP contribution in [0.15, 0.2) is 42.7 Å². The number of carbonyl (C=O) groups excluding carboxylic acids is 1. The van der Waals surface area contributed by atoms with Crippen LogP contribution < -0.4 is 11.1 Å². The molecular formula is C21H20ClN7O. The fourth-order valence-electron chi connectivity index (χ4n) is 3.87. The largest absolute Gasteiger partial charge is 0.383 e. The molecule has 2 aromatic carbocycles. The summed E-state index contributed by atoms with van der Waals surface area (Å²) in [5.41, 5.74) is 9.43. The van der Waals surface area contributed by atoms with Gasteiger partial charge in [0.2, 0.25) is 5.91 Å². The van der Waals surface area contributed by atoms with Crippen LogP contribution >= 0.6 is 11.6 Å². The Balaban J connectivity index is 1.23. The third-order valence-electron chi connectivity index (χ3n) is 5.41. The van der Waals surface area contributed by atoms with Gasteiger partial charge in [0, 0.05) is 23.5 Å². The van der Waals surface area contributed by atoms with E-state index in [0.717, 1.165) is 39.7 Å². The number of benzene rings is 2. The van der Waals surface area contributed by atoms with Crippen molar-refractivity contribution in [2.75, 3.05) is 12.3 Å². The second-order valence-corrected chi connectivity index (χ2v) is 7.87. The maximum Gasteiger partial charge on any atom is 0.240 e. The molecule has 1 saturated heterocycles. The minimum absolute atomic E-state index is 0.0939. The van der Waals surface area contributed by atoms with Gasteiger partial charge in [0.05, 0.1) is 29.1 Å². The summed E-state index contributed by atoms with van der Waals surface area (Å²) < 4.78 is 0. The lowest BCUT2D eigenvalue weighted by Crippen LogP contribution is -2.37. The number of nitrogens with two attached hydrogens (primary N) is 1. The van der Waals surface area contributed by atoms with Gasteiger partial charge in [0.15, 0.2) is 0 Å². The fourth-order valence-corrected chi connectivity index (χ4v) is 4.04. The minimum Gasteiger partial charge on any atom is -0.383 e. The zero-order valence-electron chi connectivity index (χ0n) is 16.1. The molecule has 1 amide bonds. The molecule has 1 aliphatic rings.